The van der Waals surface area contributed by atoms with Gasteiger partial charge in [0.1, 0.15) is 5.82 Å². The minimum atomic E-state index is -4.75. The number of nitrogens with two attached hydrogens (primary N) is 3. The molecule has 1 rings (SSSR count). The van der Waals surface area contributed by atoms with Crippen molar-refractivity contribution in [1.82, 2.24) is 9.97 Å². The lowest BCUT2D eigenvalue weighted by molar-refractivity contribution is -0.141. The Kier molecular flexibility index (Phi) is 4.32. The van der Waals surface area contributed by atoms with Gasteiger partial charge in [0.15, 0.2) is 5.69 Å². The number of aromatic nitrogens is 2. The molecule has 0 aromatic carbocycles. The number of amides is 2. The van der Waals surface area contributed by atoms with Gasteiger partial charge in [-0.2, -0.15) is 18.2 Å². The van der Waals surface area contributed by atoms with Gasteiger partial charge >= 0.3 is 6.18 Å². The average Bonchev–Trinajstić information content (AvgIpc) is 2.24. The fraction of sp³-hybridized carbons (Fsp3) is 0.333. The third-order valence-electron chi connectivity index (χ3n) is 2.04. The van der Waals surface area contributed by atoms with E-state index in [9.17, 15) is 22.8 Å². The number of rotatable bonds is 5. The summed E-state index contributed by atoms with van der Waals surface area (Å²) in [6.07, 6.45) is -4.75. The number of carbonyl (C=O) groups excluding carboxylic acids is 2. The standard InChI is InChI=1S/C9H11F3N6O2/c10-9(11,12)4-1-7(17-8(15)16-4)18(2-5(13)19)3-6(14)20/h1H,2-3H2,(H2,13,19)(H2,14,20)(H2,15,16,17). The van der Waals surface area contributed by atoms with Crippen LogP contribution in [0.1, 0.15) is 5.69 Å². The lowest BCUT2D eigenvalue weighted by atomic mass is 10.3. The fourth-order valence-electron chi connectivity index (χ4n) is 1.35. The van der Waals surface area contributed by atoms with E-state index in [0.29, 0.717) is 6.07 Å². The van der Waals surface area contributed by atoms with Crippen molar-refractivity contribution in [3.63, 3.8) is 0 Å². The third-order valence-corrected chi connectivity index (χ3v) is 2.04. The summed E-state index contributed by atoms with van der Waals surface area (Å²) in [7, 11) is 0. The molecule has 1 aromatic rings. The summed E-state index contributed by atoms with van der Waals surface area (Å²) in [6.45, 7) is -1.09. The molecule has 0 radical (unpaired) electrons. The maximum Gasteiger partial charge on any atom is 0.433 e. The van der Waals surface area contributed by atoms with E-state index < -0.39 is 42.7 Å². The first-order valence-corrected chi connectivity index (χ1v) is 5.13. The first kappa shape index (κ1) is 15.5. The minimum Gasteiger partial charge on any atom is -0.368 e. The van der Waals surface area contributed by atoms with Crippen molar-refractivity contribution in [2.24, 2.45) is 11.5 Å². The van der Waals surface area contributed by atoms with Gasteiger partial charge in [-0.1, -0.05) is 0 Å². The van der Waals surface area contributed by atoms with Crippen molar-refractivity contribution in [3.8, 4) is 0 Å². The van der Waals surface area contributed by atoms with Gasteiger partial charge in [-0.15, -0.1) is 0 Å². The van der Waals surface area contributed by atoms with Crippen LogP contribution in [0.25, 0.3) is 0 Å². The van der Waals surface area contributed by atoms with Gasteiger partial charge in [0, 0.05) is 6.07 Å². The molecule has 0 aliphatic heterocycles. The molecule has 0 fully saturated rings. The van der Waals surface area contributed by atoms with E-state index in [1.165, 1.54) is 0 Å². The number of nitrogen functional groups attached to an aromatic ring is 1. The van der Waals surface area contributed by atoms with E-state index >= 15 is 0 Å². The van der Waals surface area contributed by atoms with Crippen LogP contribution >= 0.6 is 0 Å². The molecule has 2 amide bonds. The maximum absolute atomic E-state index is 12.6. The lowest BCUT2D eigenvalue weighted by Gasteiger charge is -2.21. The SMILES string of the molecule is NC(=O)CN(CC(N)=O)c1cc(C(F)(F)F)nc(N)n1. The molecule has 1 heterocycles. The van der Waals surface area contributed by atoms with E-state index in [1.54, 1.807) is 0 Å². The molecule has 0 bridgehead atoms. The van der Waals surface area contributed by atoms with Crippen LogP contribution in [-0.4, -0.2) is 34.9 Å². The number of hydrogen-bond acceptors (Lipinski definition) is 6. The first-order chi connectivity index (χ1) is 9.09. The van der Waals surface area contributed by atoms with Crippen molar-refractivity contribution < 1.29 is 22.8 Å². The normalized spacial score (nSPS) is 11.2. The van der Waals surface area contributed by atoms with Crippen LogP contribution in [0, 0.1) is 0 Å². The molecule has 8 nitrogen and oxygen atoms in total. The van der Waals surface area contributed by atoms with Crippen LogP contribution < -0.4 is 22.1 Å². The summed E-state index contributed by atoms with van der Waals surface area (Å²) in [5.41, 5.74) is 13.7. The second kappa shape index (κ2) is 5.59. The van der Waals surface area contributed by atoms with Gasteiger partial charge in [0.05, 0.1) is 13.1 Å². The van der Waals surface area contributed by atoms with Crippen LogP contribution in [0.2, 0.25) is 0 Å². The first-order valence-electron chi connectivity index (χ1n) is 5.13. The second-order valence-electron chi connectivity index (χ2n) is 3.76. The Morgan fingerprint density at radius 1 is 1.15 bits per heavy atom. The van der Waals surface area contributed by atoms with Gasteiger partial charge in [-0.3, -0.25) is 9.59 Å². The summed E-state index contributed by atoms with van der Waals surface area (Å²) in [5, 5.41) is 0. The number of carbonyl (C=O) groups is 2. The zero-order chi connectivity index (χ0) is 15.5. The van der Waals surface area contributed by atoms with Gasteiger partial charge in [0.2, 0.25) is 17.8 Å². The number of hydrogen-bond donors (Lipinski definition) is 3. The Hall–Kier alpha value is -2.59. The number of primary amides is 2. The average molecular weight is 292 g/mol. The molecule has 6 N–H and O–H groups in total. The number of nitrogens with zero attached hydrogens (tertiary/aromatic N) is 3. The molecule has 11 heteroatoms. The largest absolute Gasteiger partial charge is 0.433 e. The van der Waals surface area contributed by atoms with Gasteiger partial charge in [-0.05, 0) is 0 Å². The lowest BCUT2D eigenvalue weighted by Crippen LogP contribution is -2.40. The van der Waals surface area contributed by atoms with E-state index in [2.05, 4.69) is 9.97 Å². The van der Waals surface area contributed by atoms with Crippen LogP contribution in [-0.2, 0) is 15.8 Å². The highest BCUT2D eigenvalue weighted by atomic mass is 19.4. The number of alkyl halides is 3. The summed E-state index contributed by atoms with van der Waals surface area (Å²) in [6, 6.07) is 0.544. The zero-order valence-corrected chi connectivity index (χ0v) is 10.0. The Labute approximate surface area is 110 Å². The minimum absolute atomic E-state index is 0.373. The Morgan fingerprint density at radius 3 is 2.05 bits per heavy atom. The van der Waals surface area contributed by atoms with Gasteiger partial charge in [-0.25, -0.2) is 4.98 Å². The molecule has 110 valence electrons. The van der Waals surface area contributed by atoms with Crippen molar-refractivity contribution in [3.05, 3.63) is 11.8 Å². The number of anilines is 2. The van der Waals surface area contributed by atoms with Crippen LogP contribution in [0.3, 0.4) is 0 Å². The topological polar surface area (TPSA) is 141 Å². The van der Waals surface area contributed by atoms with Crippen LogP contribution in [0.15, 0.2) is 6.07 Å². The second-order valence-corrected chi connectivity index (χ2v) is 3.76. The molecule has 20 heavy (non-hydrogen) atoms. The Morgan fingerprint density at radius 2 is 1.65 bits per heavy atom. The summed E-state index contributed by atoms with van der Waals surface area (Å²) in [5.74, 6) is -2.79. The van der Waals surface area contributed by atoms with Crippen molar-refractivity contribution in [2.75, 3.05) is 23.7 Å². The summed E-state index contributed by atoms with van der Waals surface area (Å²) < 4.78 is 37.8. The fourth-order valence-corrected chi connectivity index (χ4v) is 1.35. The van der Waals surface area contributed by atoms with Crippen LogP contribution in [0.4, 0.5) is 24.9 Å². The highest BCUT2D eigenvalue weighted by Crippen LogP contribution is 2.30. The smallest absolute Gasteiger partial charge is 0.368 e. The predicted molar refractivity (Wildman–Crippen MR) is 62.0 cm³/mol. The van der Waals surface area contributed by atoms with Crippen LogP contribution in [0.5, 0.6) is 0 Å². The molecule has 0 aliphatic carbocycles. The monoisotopic (exact) mass is 292 g/mol. The highest BCUT2D eigenvalue weighted by molar-refractivity contribution is 5.84. The Balaban J connectivity index is 3.21. The van der Waals surface area contributed by atoms with Crippen molar-refractivity contribution >= 4 is 23.6 Å². The molecule has 0 spiro atoms. The van der Waals surface area contributed by atoms with Crippen molar-refractivity contribution in [2.45, 2.75) is 6.18 Å². The zero-order valence-electron chi connectivity index (χ0n) is 10.0. The summed E-state index contributed by atoms with van der Waals surface area (Å²) in [4.78, 5) is 29.2. The molecular formula is C9H11F3N6O2. The summed E-state index contributed by atoms with van der Waals surface area (Å²) >= 11 is 0. The molecular weight excluding hydrogens is 281 g/mol. The predicted octanol–water partition coefficient (Wildman–Crippen LogP) is -1.15. The van der Waals surface area contributed by atoms with E-state index in [0.717, 1.165) is 4.90 Å². The molecule has 0 unspecified atom stereocenters. The van der Waals surface area contributed by atoms with E-state index in [4.69, 9.17) is 17.2 Å². The quantitative estimate of drug-likeness (QED) is 0.626. The highest BCUT2D eigenvalue weighted by Gasteiger charge is 2.34. The molecule has 0 saturated heterocycles. The van der Waals surface area contributed by atoms with Crippen molar-refractivity contribution in [1.29, 1.82) is 0 Å². The molecule has 0 aliphatic rings. The third kappa shape index (κ3) is 4.26. The molecule has 1 aromatic heterocycles. The van der Waals surface area contributed by atoms with E-state index in [1.807, 2.05) is 0 Å². The van der Waals surface area contributed by atoms with E-state index in [-0.39, 0.29) is 5.82 Å². The molecule has 0 atom stereocenters. The van der Waals surface area contributed by atoms with Gasteiger partial charge in [0.25, 0.3) is 0 Å². The number of halogens is 3. The Bertz CT molecular complexity index is 517. The van der Waals surface area contributed by atoms with Gasteiger partial charge < -0.3 is 22.1 Å². The maximum atomic E-state index is 12.6. The molecule has 0 saturated carbocycles.